The van der Waals surface area contributed by atoms with Crippen molar-refractivity contribution >= 4 is 18.0 Å². The number of hydrogen-bond acceptors (Lipinski definition) is 4. The smallest absolute Gasteiger partial charge is 0.313 e. The maximum absolute atomic E-state index is 9.87. The molecule has 0 saturated carbocycles. The summed E-state index contributed by atoms with van der Waals surface area (Å²) in [6.07, 6.45) is -1.06. The summed E-state index contributed by atoms with van der Waals surface area (Å²) >= 11 is 4.53. The van der Waals surface area contributed by atoms with Gasteiger partial charge in [0.25, 0.3) is 0 Å². The van der Waals surface area contributed by atoms with Crippen LogP contribution in [0.1, 0.15) is 6.92 Å². The standard InChI is InChI=1S/C3H5ClO4/c1-2-6-8-3(5)7-4/h2H2,1H3. The van der Waals surface area contributed by atoms with E-state index in [2.05, 4.69) is 25.9 Å². The Morgan fingerprint density at radius 3 is 2.75 bits per heavy atom. The van der Waals surface area contributed by atoms with Gasteiger partial charge in [0, 0.05) is 0 Å². The first-order chi connectivity index (χ1) is 3.81. The van der Waals surface area contributed by atoms with Crippen molar-refractivity contribution in [1.29, 1.82) is 0 Å². The first kappa shape index (κ1) is 7.52. The summed E-state index contributed by atoms with van der Waals surface area (Å²) in [6, 6.07) is 0. The van der Waals surface area contributed by atoms with Crippen LogP contribution < -0.4 is 0 Å². The summed E-state index contributed by atoms with van der Waals surface area (Å²) in [6.45, 7) is 1.92. The van der Waals surface area contributed by atoms with E-state index in [1.165, 1.54) is 0 Å². The Balaban J connectivity index is 2.99. The molecular formula is C3H5ClO4. The van der Waals surface area contributed by atoms with E-state index in [-0.39, 0.29) is 6.61 Å². The Hall–Kier alpha value is -0.480. The zero-order valence-electron chi connectivity index (χ0n) is 4.22. The molecule has 0 unspecified atom stereocenters. The number of hydrogen-bond donors (Lipinski definition) is 0. The fourth-order valence-electron chi connectivity index (χ4n) is 0.120. The quantitative estimate of drug-likeness (QED) is 0.428. The molecule has 0 aliphatic carbocycles. The molecule has 0 aliphatic heterocycles. The normalized spacial score (nSPS) is 8.25. The lowest BCUT2D eigenvalue weighted by Crippen LogP contribution is -2.01. The topological polar surface area (TPSA) is 44.8 Å². The van der Waals surface area contributed by atoms with Crippen molar-refractivity contribution in [3.8, 4) is 0 Å². The summed E-state index contributed by atoms with van der Waals surface area (Å²) in [4.78, 5) is 17.8. The molecule has 0 aliphatic rings. The number of rotatable bonds is 2. The highest BCUT2D eigenvalue weighted by Gasteiger charge is 2.00. The lowest BCUT2D eigenvalue weighted by atomic mass is 10.9. The molecule has 0 spiro atoms. The minimum atomic E-state index is -1.06. The van der Waals surface area contributed by atoms with Gasteiger partial charge in [0.1, 0.15) is 11.9 Å². The molecule has 0 fully saturated rings. The molecule has 0 heterocycles. The second kappa shape index (κ2) is 4.67. The number of carbonyl (C=O) groups is 1. The van der Waals surface area contributed by atoms with Gasteiger partial charge in [0.2, 0.25) is 0 Å². The third-order valence-electron chi connectivity index (χ3n) is 0.308. The Morgan fingerprint density at radius 2 is 2.38 bits per heavy atom. The number of carbonyl (C=O) groups excluding carboxylic acids is 1. The second-order valence-electron chi connectivity index (χ2n) is 0.817. The van der Waals surface area contributed by atoms with E-state index in [1.54, 1.807) is 6.92 Å². The first-order valence-electron chi connectivity index (χ1n) is 1.93. The Kier molecular flexibility index (Phi) is 4.39. The Morgan fingerprint density at radius 1 is 1.75 bits per heavy atom. The van der Waals surface area contributed by atoms with Gasteiger partial charge in [-0.2, -0.15) is 9.68 Å². The van der Waals surface area contributed by atoms with E-state index in [4.69, 9.17) is 0 Å². The number of halogens is 1. The molecule has 0 aromatic rings. The van der Waals surface area contributed by atoms with Crippen LogP contribution in [0, 0.1) is 0 Å². The molecule has 0 radical (unpaired) electrons. The average Bonchev–Trinajstić information content (AvgIpc) is 1.83. The molecule has 0 rings (SSSR count). The monoisotopic (exact) mass is 140 g/mol. The highest BCUT2D eigenvalue weighted by Crippen LogP contribution is 1.87. The van der Waals surface area contributed by atoms with Crippen LogP contribution >= 0.6 is 11.9 Å². The molecular weight excluding hydrogens is 135 g/mol. The minimum absolute atomic E-state index is 0.270. The lowest BCUT2D eigenvalue weighted by molar-refractivity contribution is -0.244. The van der Waals surface area contributed by atoms with Crippen molar-refractivity contribution in [2.75, 3.05) is 6.61 Å². The van der Waals surface area contributed by atoms with Crippen LogP contribution in [0.3, 0.4) is 0 Å². The highest BCUT2D eigenvalue weighted by atomic mass is 35.5. The molecule has 5 heteroatoms. The van der Waals surface area contributed by atoms with Crippen LogP contribution in [-0.2, 0) is 14.1 Å². The third-order valence-corrected chi connectivity index (χ3v) is 0.434. The summed E-state index contributed by atoms with van der Waals surface area (Å²) in [5.74, 6) is 0. The molecule has 0 N–H and O–H groups in total. The Bertz CT molecular complexity index is 73.7. The van der Waals surface area contributed by atoms with Crippen LogP contribution in [0.2, 0.25) is 0 Å². The molecule has 0 atom stereocenters. The van der Waals surface area contributed by atoms with Crippen LogP contribution in [0.5, 0.6) is 0 Å². The van der Waals surface area contributed by atoms with Crippen LogP contribution in [0.15, 0.2) is 0 Å². The summed E-state index contributed by atoms with van der Waals surface area (Å²) < 4.78 is 3.54. The van der Waals surface area contributed by atoms with Crippen LogP contribution in [-0.4, -0.2) is 12.8 Å². The largest absolute Gasteiger partial charge is 0.559 e. The molecule has 0 aromatic heterocycles. The first-order valence-corrected chi connectivity index (χ1v) is 2.24. The third kappa shape index (κ3) is 3.70. The zero-order valence-corrected chi connectivity index (χ0v) is 4.97. The molecule has 4 nitrogen and oxygen atoms in total. The predicted octanol–water partition coefficient (Wildman–Crippen LogP) is 1.24. The van der Waals surface area contributed by atoms with Crippen LogP contribution in [0.4, 0.5) is 4.79 Å². The Labute approximate surface area is 51.4 Å². The van der Waals surface area contributed by atoms with Crippen molar-refractivity contribution in [2.45, 2.75) is 6.92 Å². The van der Waals surface area contributed by atoms with Gasteiger partial charge in [-0.1, -0.05) is 0 Å². The van der Waals surface area contributed by atoms with Gasteiger partial charge >= 0.3 is 6.16 Å². The van der Waals surface area contributed by atoms with Crippen molar-refractivity contribution in [3.63, 3.8) is 0 Å². The summed E-state index contributed by atoms with van der Waals surface area (Å²) in [5, 5.41) is 0. The highest BCUT2D eigenvalue weighted by molar-refractivity contribution is 6.12. The van der Waals surface area contributed by atoms with Gasteiger partial charge in [0.15, 0.2) is 0 Å². The maximum atomic E-state index is 9.87. The van der Waals surface area contributed by atoms with Crippen molar-refractivity contribution in [2.24, 2.45) is 0 Å². The molecule has 8 heavy (non-hydrogen) atoms. The second-order valence-corrected chi connectivity index (χ2v) is 0.971. The fraction of sp³-hybridized carbons (Fsp3) is 0.667. The van der Waals surface area contributed by atoms with Crippen molar-refractivity contribution in [3.05, 3.63) is 0 Å². The lowest BCUT2D eigenvalue weighted by Gasteiger charge is -1.93. The van der Waals surface area contributed by atoms with Crippen LogP contribution in [0.25, 0.3) is 0 Å². The minimum Gasteiger partial charge on any atom is -0.313 e. The van der Waals surface area contributed by atoms with Gasteiger partial charge in [-0.05, 0) is 6.92 Å². The van der Waals surface area contributed by atoms with Crippen molar-refractivity contribution < 1.29 is 18.9 Å². The van der Waals surface area contributed by atoms with E-state index in [9.17, 15) is 4.79 Å². The SMILES string of the molecule is CCOOC(=O)OCl. The summed E-state index contributed by atoms with van der Waals surface area (Å²) in [7, 11) is 0. The predicted molar refractivity (Wildman–Crippen MR) is 25.0 cm³/mol. The molecule has 0 aromatic carbocycles. The fourth-order valence-corrected chi connectivity index (χ4v) is 0.146. The zero-order chi connectivity index (χ0) is 6.41. The van der Waals surface area contributed by atoms with E-state index < -0.39 is 6.16 Å². The van der Waals surface area contributed by atoms with Gasteiger partial charge in [-0.25, -0.2) is 0 Å². The molecule has 0 saturated heterocycles. The van der Waals surface area contributed by atoms with Gasteiger partial charge in [-0.15, -0.1) is 0 Å². The van der Waals surface area contributed by atoms with Gasteiger partial charge in [0.05, 0.1) is 6.61 Å². The van der Waals surface area contributed by atoms with E-state index in [1.807, 2.05) is 0 Å². The van der Waals surface area contributed by atoms with E-state index in [0.717, 1.165) is 0 Å². The van der Waals surface area contributed by atoms with Crippen molar-refractivity contribution in [1.82, 2.24) is 0 Å². The maximum Gasteiger partial charge on any atom is 0.559 e. The average molecular weight is 141 g/mol. The molecule has 0 bridgehead atoms. The summed E-state index contributed by atoms with van der Waals surface area (Å²) in [5.41, 5.74) is 0. The van der Waals surface area contributed by atoms with E-state index in [0.29, 0.717) is 0 Å². The van der Waals surface area contributed by atoms with Gasteiger partial charge < -0.3 is 4.29 Å². The molecule has 0 amide bonds. The van der Waals surface area contributed by atoms with Gasteiger partial charge in [-0.3, -0.25) is 4.89 Å². The van der Waals surface area contributed by atoms with E-state index >= 15 is 0 Å². The molecule has 48 valence electrons.